The van der Waals surface area contributed by atoms with Gasteiger partial charge in [-0.3, -0.25) is 0 Å². The van der Waals surface area contributed by atoms with E-state index in [1.165, 1.54) is 25.3 Å². The molecule has 1 aliphatic carbocycles. The summed E-state index contributed by atoms with van der Waals surface area (Å²) in [4.78, 5) is 0. The second kappa shape index (κ2) is 6.52. The molecule has 2 rings (SSSR count). The van der Waals surface area contributed by atoms with Gasteiger partial charge in [0.15, 0.2) is 0 Å². The molecule has 19 heavy (non-hydrogen) atoms. The molecule has 1 aromatic carbocycles. The number of halogens is 2. The first-order valence-corrected chi connectivity index (χ1v) is 7.80. The normalized spacial score (nSPS) is 19.2. The molecule has 1 fully saturated rings. The molecular weight excluding hydrogens is 305 g/mol. The monoisotopic (exact) mass is 323 g/mol. The van der Waals surface area contributed by atoms with E-state index in [-0.39, 0.29) is 11.2 Å². The van der Waals surface area contributed by atoms with Gasteiger partial charge < -0.3 is 0 Å². The molecule has 3 heteroatoms. The smallest absolute Gasteiger partial charge is 0.123 e. The van der Waals surface area contributed by atoms with Crippen LogP contribution in [-0.2, 0) is 6.42 Å². The molecule has 0 N–H and O–H groups in total. The maximum Gasteiger partial charge on any atom is 0.123 e. The molecule has 1 aromatic rings. The van der Waals surface area contributed by atoms with Gasteiger partial charge in [0, 0.05) is 4.47 Å². The Labute approximate surface area is 123 Å². The van der Waals surface area contributed by atoms with E-state index in [4.69, 9.17) is 0 Å². The molecule has 0 bridgehead atoms. The van der Waals surface area contributed by atoms with Gasteiger partial charge in [0.2, 0.25) is 0 Å². The number of hydrogen-bond acceptors (Lipinski definition) is 1. The average molecular weight is 324 g/mol. The fourth-order valence-electron chi connectivity index (χ4n) is 2.95. The van der Waals surface area contributed by atoms with Gasteiger partial charge in [-0.05, 0) is 43.0 Å². The fourth-order valence-corrected chi connectivity index (χ4v) is 3.34. The predicted molar refractivity (Wildman–Crippen MR) is 78.2 cm³/mol. The quantitative estimate of drug-likeness (QED) is 0.716. The van der Waals surface area contributed by atoms with Crippen molar-refractivity contribution in [2.45, 2.75) is 51.4 Å². The molecule has 0 heterocycles. The van der Waals surface area contributed by atoms with E-state index in [1.807, 2.05) is 0 Å². The Balaban J connectivity index is 2.21. The fraction of sp³-hybridized carbons (Fsp3) is 0.562. The Morgan fingerprint density at radius 1 is 1.16 bits per heavy atom. The lowest BCUT2D eigenvalue weighted by Crippen LogP contribution is -2.23. The van der Waals surface area contributed by atoms with Crippen molar-refractivity contribution in [2.75, 3.05) is 0 Å². The molecule has 102 valence electrons. The SMILES string of the molecule is N#CC1(Cc2cc(F)ccc2Br)CCCCCCC1. The molecular formula is C16H19BrFN. The van der Waals surface area contributed by atoms with E-state index in [0.717, 1.165) is 35.7 Å². The van der Waals surface area contributed by atoms with E-state index in [2.05, 4.69) is 22.0 Å². The zero-order valence-corrected chi connectivity index (χ0v) is 12.7. The van der Waals surface area contributed by atoms with Gasteiger partial charge in [0.05, 0.1) is 11.5 Å². The van der Waals surface area contributed by atoms with E-state index < -0.39 is 0 Å². The second-order valence-electron chi connectivity index (χ2n) is 5.57. The number of nitriles is 1. The highest BCUT2D eigenvalue weighted by molar-refractivity contribution is 9.10. The van der Waals surface area contributed by atoms with Crippen LogP contribution in [0.1, 0.15) is 50.5 Å². The van der Waals surface area contributed by atoms with E-state index in [0.29, 0.717) is 6.42 Å². The highest BCUT2D eigenvalue weighted by atomic mass is 79.9. The third-order valence-corrected chi connectivity index (χ3v) is 4.86. The van der Waals surface area contributed by atoms with Crippen LogP contribution >= 0.6 is 15.9 Å². The van der Waals surface area contributed by atoms with Crippen LogP contribution in [-0.4, -0.2) is 0 Å². The summed E-state index contributed by atoms with van der Waals surface area (Å²) in [6.45, 7) is 0. The maximum atomic E-state index is 13.4. The van der Waals surface area contributed by atoms with Crippen molar-refractivity contribution in [1.82, 2.24) is 0 Å². The van der Waals surface area contributed by atoms with Crippen molar-refractivity contribution in [3.05, 3.63) is 34.1 Å². The number of hydrogen-bond donors (Lipinski definition) is 0. The Hall–Kier alpha value is -0.880. The minimum absolute atomic E-state index is 0.225. The summed E-state index contributed by atoms with van der Waals surface area (Å²) in [7, 11) is 0. The van der Waals surface area contributed by atoms with Crippen LogP contribution in [0.5, 0.6) is 0 Å². The molecule has 1 nitrogen and oxygen atoms in total. The summed E-state index contributed by atoms with van der Waals surface area (Å²) < 4.78 is 14.3. The van der Waals surface area contributed by atoms with Gasteiger partial charge in [0.1, 0.15) is 5.82 Å². The Morgan fingerprint density at radius 3 is 2.42 bits per heavy atom. The first kappa shape index (κ1) is 14.5. The zero-order chi connectivity index (χ0) is 13.7. The Kier molecular flexibility index (Phi) is 4.99. The highest BCUT2D eigenvalue weighted by Crippen LogP contribution is 2.38. The Morgan fingerprint density at radius 2 is 1.79 bits per heavy atom. The van der Waals surface area contributed by atoms with Crippen LogP contribution in [0.4, 0.5) is 4.39 Å². The molecule has 0 atom stereocenters. The van der Waals surface area contributed by atoms with Gasteiger partial charge >= 0.3 is 0 Å². The number of rotatable bonds is 2. The highest BCUT2D eigenvalue weighted by Gasteiger charge is 2.31. The van der Waals surface area contributed by atoms with Gasteiger partial charge in [-0.1, -0.05) is 48.0 Å². The summed E-state index contributed by atoms with van der Waals surface area (Å²) >= 11 is 3.47. The van der Waals surface area contributed by atoms with Gasteiger partial charge in [-0.25, -0.2) is 4.39 Å². The van der Waals surface area contributed by atoms with Crippen LogP contribution in [0, 0.1) is 22.6 Å². The largest absolute Gasteiger partial charge is 0.207 e. The maximum absolute atomic E-state index is 13.4. The summed E-state index contributed by atoms with van der Waals surface area (Å²) in [6, 6.07) is 7.28. The first-order valence-electron chi connectivity index (χ1n) is 7.00. The van der Waals surface area contributed by atoms with Crippen LogP contribution in [0.15, 0.2) is 22.7 Å². The van der Waals surface area contributed by atoms with Gasteiger partial charge in [-0.15, -0.1) is 0 Å². The van der Waals surface area contributed by atoms with Crippen molar-refractivity contribution in [1.29, 1.82) is 5.26 Å². The lowest BCUT2D eigenvalue weighted by Gasteiger charge is -2.29. The van der Waals surface area contributed by atoms with E-state index in [1.54, 1.807) is 12.1 Å². The van der Waals surface area contributed by atoms with E-state index >= 15 is 0 Å². The molecule has 0 aromatic heterocycles. The van der Waals surface area contributed by atoms with Crippen LogP contribution in [0.3, 0.4) is 0 Å². The second-order valence-corrected chi connectivity index (χ2v) is 6.43. The minimum atomic E-state index is -0.309. The zero-order valence-electron chi connectivity index (χ0n) is 11.1. The van der Waals surface area contributed by atoms with Crippen molar-refractivity contribution < 1.29 is 4.39 Å². The molecule has 1 aliphatic rings. The Bertz CT molecular complexity index is 470. The number of nitrogens with zero attached hydrogens (tertiary/aromatic N) is 1. The molecule has 0 unspecified atom stereocenters. The van der Waals surface area contributed by atoms with Crippen molar-refractivity contribution >= 4 is 15.9 Å². The van der Waals surface area contributed by atoms with Crippen molar-refractivity contribution in [3.63, 3.8) is 0 Å². The minimum Gasteiger partial charge on any atom is -0.207 e. The van der Waals surface area contributed by atoms with Crippen LogP contribution in [0.2, 0.25) is 0 Å². The van der Waals surface area contributed by atoms with Gasteiger partial charge in [0.25, 0.3) is 0 Å². The molecule has 0 spiro atoms. The summed E-state index contributed by atoms with van der Waals surface area (Å²) in [5, 5.41) is 9.62. The standard InChI is InChI=1S/C16H19BrFN/c17-15-7-6-14(18)10-13(15)11-16(12-19)8-4-2-1-3-5-9-16/h6-7,10H,1-5,8-9,11H2. The number of benzene rings is 1. The first-order chi connectivity index (χ1) is 9.15. The molecule has 0 aliphatic heterocycles. The van der Waals surface area contributed by atoms with Crippen molar-refractivity contribution in [2.24, 2.45) is 5.41 Å². The molecule has 1 saturated carbocycles. The third-order valence-electron chi connectivity index (χ3n) is 4.08. The molecule has 0 saturated heterocycles. The summed E-state index contributed by atoms with van der Waals surface area (Å²) in [6.07, 6.45) is 8.47. The lowest BCUT2D eigenvalue weighted by atomic mass is 9.73. The van der Waals surface area contributed by atoms with Gasteiger partial charge in [-0.2, -0.15) is 5.26 Å². The molecule has 0 amide bonds. The summed E-state index contributed by atoms with van der Waals surface area (Å²) in [5.74, 6) is -0.225. The van der Waals surface area contributed by atoms with Crippen molar-refractivity contribution in [3.8, 4) is 6.07 Å². The molecule has 0 radical (unpaired) electrons. The van der Waals surface area contributed by atoms with Crippen LogP contribution in [0.25, 0.3) is 0 Å². The predicted octanol–water partition coefficient (Wildman–Crippen LogP) is 5.38. The van der Waals surface area contributed by atoms with Crippen LogP contribution < -0.4 is 0 Å². The summed E-state index contributed by atoms with van der Waals surface area (Å²) in [5.41, 5.74) is 0.610. The third kappa shape index (κ3) is 3.79. The lowest BCUT2D eigenvalue weighted by molar-refractivity contribution is 0.286. The average Bonchev–Trinajstić information content (AvgIpc) is 2.37. The topological polar surface area (TPSA) is 23.8 Å². The van der Waals surface area contributed by atoms with E-state index in [9.17, 15) is 9.65 Å².